The minimum atomic E-state index is -4.56. The second kappa shape index (κ2) is 6.05. The Morgan fingerprint density at radius 2 is 2.00 bits per heavy atom. The Labute approximate surface area is 104 Å². The van der Waals surface area contributed by atoms with Crippen LogP contribution in [0.3, 0.4) is 0 Å². The molecule has 0 amide bonds. The molecule has 1 aromatic rings. The molecule has 102 valence electrons. The molecular formula is C10H12F3NO3S. The summed E-state index contributed by atoms with van der Waals surface area (Å²) >= 11 is 0. The van der Waals surface area contributed by atoms with Crippen molar-refractivity contribution in [3.63, 3.8) is 0 Å². The number of alkyl halides is 3. The smallest absolute Gasteiger partial charge is 0.412 e. The maximum absolute atomic E-state index is 12.4. The van der Waals surface area contributed by atoms with Gasteiger partial charge in [-0.3, -0.25) is 14.0 Å². The summed E-state index contributed by atoms with van der Waals surface area (Å²) in [5.74, 6) is -0.376. The van der Waals surface area contributed by atoms with Gasteiger partial charge in [0.25, 0.3) is 0 Å². The summed E-state index contributed by atoms with van der Waals surface area (Å²) in [7, 11) is -1.65. The summed E-state index contributed by atoms with van der Waals surface area (Å²) in [6.07, 6.45) is -3.98. The number of nitrogens with zero attached hydrogens (tertiary/aromatic N) is 1. The second-order valence-electron chi connectivity index (χ2n) is 3.26. The molecule has 0 aliphatic rings. The third-order valence-corrected chi connectivity index (χ3v) is 3.35. The van der Waals surface area contributed by atoms with Crippen molar-refractivity contribution in [2.24, 2.45) is 0 Å². The highest BCUT2D eigenvalue weighted by molar-refractivity contribution is 7.85. The molecular weight excluding hydrogens is 271 g/mol. The lowest BCUT2D eigenvalue weighted by atomic mass is 10.2. The normalized spacial score (nSPS) is 12.7. The quantitative estimate of drug-likeness (QED) is 0.790. The molecule has 8 heteroatoms. The van der Waals surface area contributed by atoms with Crippen molar-refractivity contribution >= 4 is 16.6 Å². The fourth-order valence-corrected chi connectivity index (χ4v) is 2.17. The van der Waals surface area contributed by atoms with E-state index in [0.29, 0.717) is 6.20 Å². The summed E-state index contributed by atoms with van der Waals surface area (Å²) in [4.78, 5) is 14.5. The van der Waals surface area contributed by atoms with E-state index in [-0.39, 0.29) is 21.8 Å². The monoisotopic (exact) mass is 283 g/mol. The molecule has 0 bridgehead atoms. The van der Waals surface area contributed by atoms with E-state index in [1.165, 1.54) is 6.92 Å². The molecule has 0 spiro atoms. The lowest BCUT2D eigenvalue weighted by Gasteiger charge is -2.10. The molecule has 0 fully saturated rings. The Kier molecular flexibility index (Phi) is 5.62. The average Bonchev–Trinajstić information content (AvgIpc) is 2.25. The number of rotatable bonds is 3. The van der Waals surface area contributed by atoms with Gasteiger partial charge in [0.2, 0.25) is 0 Å². The first kappa shape index (κ1) is 16.7. The Bertz CT molecular complexity index is 474. The lowest BCUT2D eigenvalue weighted by molar-refractivity contribution is -0.138. The molecule has 0 aliphatic heterocycles. The topological polar surface area (TPSA) is 78.5 Å². The van der Waals surface area contributed by atoms with Gasteiger partial charge in [-0.25, -0.2) is 0 Å². The molecule has 1 atom stereocenters. The first-order chi connectivity index (χ1) is 7.77. The summed E-state index contributed by atoms with van der Waals surface area (Å²) < 4.78 is 48.9. The van der Waals surface area contributed by atoms with Crippen molar-refractivity contribution in [1.82, 2.24) is 4.98 Å². The number of hydrogen-bond acceptors (Lipinski definition) is 3. The van der Waals surface area contributed by atoms with Crippen LogP contribution in [0.1, 0.15) is 29.9 Å². The molecule has 1 heterocycles. The highest BCUT2D eigenvalue weighted by atomic mass is 32.2. The Morgan fingerprint density at radius 1 is 1.44 bits per heavy atom. The summed E-state index contributed by atoms with van der Waals surface area (Å²) in [6.45, 7) is 2.73. The fraction of sp³-hybridized carbons (Fsp3) is 0.400. The van der Waals surface area contributed by atoms with Crippen LogP contribution in [0.5, 0.6) is 0 Å². The maximum Gasteiger partial charge on any atom is 0.417 e. The largest absolute Gasteiger partial charge is 0.417 e. The van der Waals surface area contributed by atoms with Crippen LogP contribution < -0.4 is 0 Å². The third-order valence-electron chi connectivity index (χ3n) is 2.02. The average molecular weight is 283 g/mol. The molecule has 1 aromatic heterocycles. The lowest BCUT2D eigenvalue weighted by Crippen LogP contribution is -2.12. The van der Waals surface area contributed by atoms with Gasteiger partial charge in [-0.05, 0) is 6.07 Å². The summed E-state index contributed by atoms with van der Waals surface area (Å²) in [5, 5.41) is 0. The second-order valence-corrected chi connectivity index (χ2v) is 4.97. The number of carbonyl (C=O) groups excluding carboxylic acids is 1. The van der Waals surface area contributed by atoms with E-state index < -0.39 is 28.3 Å². The van der Waals surface area contributed by atoms with Crippen LogP contribution in [0, 0.1) is 0 Å². The SMILES string of the molecule is CCS(=O)c1cc(C(F)(F)F)cnc1C(C)=O.O. The number of ketones is 1. The molecule has 0 aromatic carbocycles. The zero-order valence-electron chi connectivity index (χ0n) is 9.67. The van der Waals surface area contributed by atoms with Crippen molar-refractivity contribution in [1.29, 1.82) is 0 Å². The van der Waals surface area contributed by atoms with Crippen molar-refractivity contribution < 1.29 is 27.7 Å². The number of hydrogen-bond donors (Lipinski definition) is 0. The zero-order chi connectivity index (χ0) is 13.2. The Balaban J connectivity index is 0.00000289. The van der Waals surface area contributed by atoms with E-state index in [0.717, 1.165) is 6.07 Å². The third kappa shape index (κ3) is 3.61. The van der Waals surface area contributed by atoms with Gasteiger partial charge in [-0.2, -0.15) is 13.2 Å². The van der Waals surface area contributed by atoms with Crippen LogP contribution in [-0.2, 0) is 17.0 Å². The fourth-order valence-electron chi connectivity index (χ4n) is 1.19. The maximum atomic E-state index is 12.4. The molecule has 0 saturated heterocycles. The number of carbonyl (C=O) groups is 1. The van der Waals surface area contributed by atoms with Gasteiger partial charge in [-0.1, -0.05) is 6.92 Å². The van der Waals surface area contributed by atoms with Gasteiger partial charge in [0.05, 0.1) is 21.3 Å². The molecule has 18 heavy (non-hydrogen) atoms. The van der Waals surface area contributed by atoms with Crippen molar-refractivity contribution in [3.8, 4) is 0 Å². The van der Waals surface area contributed by atoms with Crippen LogP contribution in [0.2, 0.25) is 0 Å². The minimum Gasteiger partial charge on any atom is -0.412 e. The van der Waals surface area contributed by atoms with Gasteiger partial charge in [0.15, 0.2) is 5.78 Å². The first-order valence-electron chi connectivity index (χ1n) is 4.74. The van der Waals surface area contributed by atoms with Crippen LogP contribution >= 0.6 is 0 Å². The van der Waals surface area contributed by atoms with Crippen LogP contribution in [0.25, 0.3) is 0 Å². The first-order valence-corrected chi connectivity index (χ1v) is 6.05. The van der Waals surface area contributed by atoms with E-state index >= 15 is 0 Å². The standard InChI is InChI=1S/C10H10F3NO2S.H2O/c1-3-17(16)8-4-7(10(11,12)13)5-14-9(8)6(2)15;/h4-5H,3H2,1-2H3;1H2. The van der Waals surface area contributed by atoms with Gasteiger partial charge < -0.3 is 5.48 Å². The van der Waals surface area contributed by atoms with Gasteiger partial charge in [0, 0.05) is 18.9 Å². The highest BCUT2D eigenvalue weighted by Crippen LogP contribution is 2.30. The van der Waals surface area contributed by atoms with Crippen LogP contribution in [-0.4, -0.2) is 26.2 Å². The highest BCUT2D eigenvalue weighted by Gasteiger charge is 2.32. The van der Waals surface area contributed by atoms with Crippen molar-refractivity contribution in [2.75, 3.05) is 5.75 Å². The number of Topliss-reactive ketones (excluding diaryl/α,β-unsaturated/α-hetero) is 1. The number of aromatic nitrogens is 1. The predicted molar refractivity (Wildman–Crippen MR) is 59.8 cm³/mol. The molecule has 4 nitrogen and oxygen atoms in total. The number of pyridine rings is 1. The van der Waals surface area contributed by atoms with Gasteiger partial charge in [-0.15, -0.1) is 0 Å². The molecule has 2 N–H and O–H groups in total. The van der Waals surface area contributed by atoms with E-state index in [2.05, 4.69) is 4.98 Å². The van der Waals surface area contributed by atoms with E-state index in [9.17, 15) is 22.2 Å². The molecule has 1 rings (SSSR count). The molecule has 0 saturated carbocycles. The van der Waals surface area contributed by atoms with Crippen molar-refractivity contribution in [3.05, 3.63) is 23.5 Å². The minimum absolute atomic E-state index is 0. The van der Waals surface area contributed by atoms with Crippen LogP contribution in [0.4, 0.5) is 13.2 Å². The van der Waals surface area contributed by atoms with Gasteiger partial charge in [0.1, 0.15) is 5.69 Å². The van der Waals surface area contributed by atoms with Crippen molar-refractivity contribution in [2.45, 2.75) is 24.9 Å². The predicted octanol–water partition coefficient (Wildman–Crippen LogP) is 1.61. The Hall–Kier alpha value is -1.28. The summed E-state index contributed by atoms with van der Waals surface area (Å²) in [5.41, 5.74) is -1.17. The molecule has 1 unspecified atom stereocenters. The van der Waals surface area contributed by atoms with Crippen LogP contribution in [0.15, 0.2) is 17.2 Å². The van der Waals surface area contributed by atoms with E-state index in [1.807, 2.05) is 0 Å². The molecule has 0 radical (unpaired) electrons. The van der Waals surface area contributed by atoms with Gasteiger partial charge >= 0.3 is 6.18 Å². The van der Waals surface area contributed by atoms with E-state index in [4.69, 9.17) is 0 Å². The Morgan fingerprint density at radius 3 is 2.39 bits per heavy atom. The zero-order valence-corrected chi connectivity index (χ0v) is 10.5. The van der Waals surface area contributed by atoms with E-state index in [1.54, 1.807) is 6.92 Å². The summed E-state index contributed by atoms with van der Waals surface area (Å²) in [6, 6.07) is 0.726. The molecule has 0 aliphatic carbocycles. The number of halogens is 3.